The Balaban J connectivity index is 0.000000734. The highest BCUT2D eigenvalue weighted by atomic mass is 16.5. The molecule has 0 saturated heterocycles. The van der Waals surface area contributed by atoms with Crippen LogP contribution < -0.4 is 0 Å². The van der Waals surface area contributed by atoms with Crippen molar-refractivity contribution >= 4 is 0 Å². The molecule has 768 valence electrons. The highest BCUT2D eigenvalue weighted by Gasteiger charge is 2.32. The first-order valence-electron chi connectivity index (χ1n) is 57.4. The van der Waals surface area contributed by atoms with E-state index in [9.17, 15) is 0 Å². The zero-order chi connectivity index (χ0) is 94.8. The van der Waals surface area contributed by atoms with E-state index in [4.69, 9.17) is 37.9 Å². The second-order valence-electron chi connectivity index (χ2n) is 43.7. The number of rotatable bonds is 60. The van der Waals surface area contributed by atoms with Crippen LogP contribution in [-0.2, 0) is 37.9 Å². The van der Waals surface area contributed by atoms with E-state index in [0.717, 1.165) is 74.9 Å². The van der Waals surface area contributed by atoms with E-state index >= 15 is 0 Å². The summed E-state index contributed by atoms with van der Waals surface area (Å²) >= 11 is 0. The van der Waals surface area contributed by atoms with Gasteiger partial charge in [-0.3, -0.25) is 0 Å². The Morgan fingerprint density at radius 3 is 0.414 bits per heavy atom. The van der Waals surface area contributed by atoms with E-state index in [1.165, 1.54) is 479 Å². The van der Waals surface area contributed by atoms with Crippen molar-refractivity contribution in [3.63, 3.8) is 0 Å². The van der Waals surface area contributed by atoms with Crippen molar-refractivity contribution in [2.45, 2.75) is 469 Å². The summed E-state index contributed by atoms with van der Waals surface area (Å²) in [5.41, 5.74) is 0. The summed E-state index contributed by atoms with van der Waals surface area (Å²) in [6, 6.07) is 0. The highest BCUT2D eigenvalue weighted by molar-refractivity contribution is 4.72. The normalized spacial score (nSPS) is 19.3. The van der Waals surface area contributed by atoms with E-state index in [-0.39, 0.29) is 0 Å². The van der Waals surface area contributed by atoms with E-state index in [2.05, 4.69) is 167 Å². The molecule has 0 aromatic rings. The monoisotopic (exact) mass is 1830 g/mol. The fourth-order valence-electron chi connectivity index (χ4n) is 22.0. The molecule has 0 aliphatic heterocycles. The molecule has 8 aliphatic carbocycles. The quantitative estimate of drug-likeness (QED) is 0.0558. The van der Waals surface area contributed by atoms with E-state index in [1.807, 2.05) is 0 Å². The van der Waals surface area contributed by atoms with Gasteiger partial charge in [0.15, 0.2) is 0 Å². The van der Waals surface area contributed by atoms with Crippen LogP contribution in [0, 0.1) is 0 Å². The molecule has 0 aromatic carbocycles. The van der Waals surface area contributed by atoms with Gasteiger partial charge in [-0.2, -0.15) is 0 Å². The Bertz CT molecular complexity index is 2320. The number of hydrogen-bond acceptors (Lipinski definition) is 8. The highest BCUT2D eigenvalue weighted by Crippen LogP contribution is 2.29. The third kappa shape index (κ3) is 60.3. The largest absolute Gasteiger partial charge is 0.372 e. The van der Waals surface area contributed by atoms with Crippen molar-refractivity contribution in [1.29, 1.82) is 0 Å². The predicted molar refractivity (Wildman–Crippen MR) is 557 cm³/mol. The maximum atomic E-state index is 6.15. The van der Waals surface area contributed by atoms with Gasteiger partial charge in [-0.1, -0.05) is 197 Å². The molecule has 0 bridgehead atoms. The standard InChI is InChI=1S/C17H36NO.2C16H34NO.C15H32NO.C14H30NO.C13H28NO.C11H24NO.C10H22NO/c1-4-7-14-18(6-3,13-5-2)15-16-19-17-11-9-8-10-12-17;1-4-12-17(6-3,13-5-2)14-15-18-16-10-8-7-9-11-16;1-4-7-13-17(6-3,12-5-2)14-15-18-16-10-8-9-11-16;1-4-11-16(6-3,12-5-2)13-14-17-15-9-7-8-10-15;1-4-15(5-2,6-3)12-13-16-14-10-8-7-9-11-14;1-4-14(5-2,6-3)11-12-15-13-9-7-8-10-13;1-12(2,3)9-10-13-11-7-5-4-6-8-11;1-11(2,3)8-9-12-10-6-4-5-7-10/h17H,4-16H2,1-3H3;2*16H,4-15H2,1-3H3;15H,4-14H2,1-3H3;14H,4-13H2,1-3H3;13H,4-12H2,1-3H3;11H,4-10H2,1-3H3;10H,4-9H2,1-3H3/q8*+1. The minimum absolute atomic E-state index is 0.570. The topological polar surface area (TPSA) is 73.8 Å². The smallest absolute Gasteiger partial charge is 0.102 e. The summed E-state index contributed by atoms with van der Waals surface area (Å²) in [5.74, 6) is 0. The Morgan fingerprint density at radius 2 is 0.281 bits per heavy atom. The minimum atomic E-state index is 0.570. The number of hydrogen-bond donors (Lipinski definition) is 0. The molecule has 0 amide bonds. The van der Waals surface area contributed by atoms with Gasteiger partial charge in [-0.15, -0.1) is 0 Å². The molecule has 8 aliphatic rings. The number of unbranched alkanes of at least 4 members (excludes halogenated alkanes) is 2. The van der Waals surface area contributed by atoms with Crippen molar-refractivity contribution in [1.82, 2.24) is 0 Å². The van der Waals surface area contributed by atoms with E-state index in [0.29, 0.717) is 48.8 Å². The van der Waals surface area contributed by atoms with Crippen LogP contribution in [0.25, 0.3) is 0 Å². The molecule has 0 N–H and O–H groups in total. The summed E-state index contributed by atoms with van der Waals surface area (Å²) < 4.78 is 57.5. The van der Waals surface area contributed by atoms with Crippen molar-refractivity contribution in [2.24, 2.45) is 0 Å². The second-order valence-corrected chi connectivity index (χ2v) is 43.7. The SMILES string of the molecule is CCCC[N+](CC)(CCC)CCOC1CCCC1.CCCC[N+](CC)(CCC)CCOC1CCCCC1.CCC[N+](CC)(CCC)CCOC1CCCC1.CCC[N+](CC)(CCC)CCOC1CCCCC1.CC[N+](CC)(CC)CCOC1CCCC1.CC[N+](CC)(CC)CCOC1CCCCC1.C[N+](C)(C)CCOC1CCCC1.C[N+](C)(C)CCOC1CCCCC1. The minimum Gasteiger partial charge on any atom is -0.372 e. The number of quaternary nitrogens is 8. The lowest BCUT2D eigenvalue weighted by molar-refractivity contribution is -0.927. The molecular weight excluding hydrogens is 1590 g/mol. The van der Waals surface area contributed by atoms with Crippen molar-refractivity contribution in [3.05, 3.63) is 0 Å². The third-order valence-corrected chi connectivity index (χ3v) is 32.0. The van der Waals surface area contributed by atoms with Crippen LogP contribution in [0.5, 0.6) is 0 Å². The predicted octanol–water partition coefficient (Wildman–Crippen LogP) is 25.7. The molecule has 8 saturated carbocycles. The van der Waals surface area contributed by atoms with Gasteiger partial charge in [0.05, 0.1) is 262 Å². The molecule has 128 heavy (non-hydrogen) atoms. The first-order valence-corrected chi connectivity index (χ1v) is 57.4. The number of ether oxygens (including phenoxy) is 8. The molecule has 0 heterocycles. The molecule has 2 unspecified atom stereocenters. The first kappa shape index (κ1) is 125. The van der Waals surface area contributed by atoms with Crippen LogP contribution in [0.2, 0.25) is 0 Å². The Labute approximate surface area is 803 Å². The molecule has 16 heteroatoms. The van der Waals surface area contributed by atoms with Crippen molar-refractivity contribution in [2.75, 3.05) is 265 Å². The zero-order valence-corrected chi connectivity index (χ0v) is 92.0. The van der Waals surface area contributed by atoms with E-state index in [1.54, 1.807) is 0 Å². The Morgan fingerprint density at radius 1 is 0.148 bits per heavy atom. The van der Waals surface area contributed by atoms with Crippen LogP contribution in [0.15, 0.2) is 0 Å². The van der Waals surface area contributed by atoms with Gasteiger partial charge < -0.3 is 73.8 Å². The van der Waals surface area contributed by atoms with Crippen LogP contribution in [0.3, 0.4) is 0 Å². The zero-order valence-electron chi connectivity index (χ0n) is 92.0. The fraction of sp³-hybridized carbons (Fsp3) is 1.00. The molecule has 2 atom stereocenters. The van der Waals surface area contributed by atoms with Crippen LogP contribution in [0.1, 0.15) is 420 Å². The van der Waals surface area contributed by atoms with Crippen LogP contribution in [-0.4, -0.2) is 350 Å². The van der Waals surface area contributed by atoms with Gasteiger partial charge in [-0.05, 0) is 223 Å². The third-order valence-electron chi connectivity index (χ3n) is 32.0. The molecule has 16 nitrogen and oxygen atoms in total. The first-order chi connectivity index (χ1) is 61.7. The van der Waals surface area contributed by atoms with Gasteiger partial charge in [0.1, 0.15) is 52.4 Å². The van der Waals surface area contributed by atoms with Gasteiger partial charge in [0.25, 0.3) is 0 Å². The van der Waals surface area contributed by atoms with Gasteiger partial charge in [-0.25, -0.2) is 0 Å². The molecule has 0 radical (unpaired) electrons. The summed E-state index contributed by atoms with van der Waals surface area (Å²) in [5, 5.41) is 0. The lowest BCUT2D eigenvalue weighted by Crippen LogP contribution is -2.51. The summed E-state index contributed by atoms with van der Waals surface area (Å²) in [7, 11) is 13.3. The summed E-state index contributed by atoms with van der Waals surface area (Å²) in [6.07, 6.45) is 66.1. The summed E-state index contributed by atoms with van der Waals surface area (Å²) in [4.78, 5) is 0. The molecule has 8 rings (SSSR count). The molecule has 8 fully saturated rings. The Hall–Kier alpha value is -0.640. The van der Waals surface area contributed by atoms with Crippen molar-refractivity contribution < 1.29 is 73.8 Å². The lowest BCUT2D eigenvalue weighted by Gasteiger charge is -2.38. The molecule has 0 spiro atoms. The van der Waals surface area contributed by atoms with Gasteiger partial charge in [0, 0.05) is 0 Å². The van der Waals surface area contributed by atoms with Crippen LogP contribution in [0.4, 0.5) is 0 Å². The van der Waals surface area contributed by atoms with Gasteiger partial charge in [0.2, 0.25) is 0 Å². The average Bonchev–Trinajstić information content (AvgIpc) is 1.11. The molecular formula is C112H240N8O8+8. The number of likely N-dealkylation sites (N-methyl/N-ethyl adjacent to an activating group) is 8. The fourth-order valence-corrected chi connectivity index (χ4v) is 22.0. The molecule has 0 aromatic heterocycles. The summed E-state index contributed by atoms with van der Waals surface area (Å²) in [6.45, 7) is 81.8. The average molecular weight is 1830 g/mol. The second kappa shape index (κ2) is 78.2. The van der Waals surface area contributed by atoms with E-state index < -0.39 is 0 Å². The number of nitrogens with zero attached hydrogens (tertiary/aromatic N) is 8. The lowest BCUT2D eigenvalue weighted by atomic mass is 9.98. The van der Waals surface area contributed by atoms with Gasteiger partial charge >= 0.3 is 0 Å². The maximum Gasteiger partial charge on any atom is 0.102 e. The maximum absolute atomic E-state index is 6.15. The Kier molecular flexibility index (Phi) is 76.6. The van der Waals surface area contributed by atoms with Crippen LogP contribution >= 0.6 is 0 Å². The van der Waals surface area contributed by atoms with Crippen molar-refractivity contribution in [3.8, 4) is 0 Å².